The fourth-order valence-corrected chi connectivity index (χ4v) is 2.50. The molecule has 2 N–H and O–H groups in total. The molecule has 0 radical (unpaired) electrons. The van der Waals surface area contributed by atoms with Crippen LogP contribution in [0, 0.1) is 6.92 Å². The molecule has 0 saturated carbocycles. The lowest BCUT2D eigenvalue weighted by Gasteiger charge is -2.17. The van der Waals surface area contributed by atoms with Gasteiger partial charge in [-0.3, -0.25) is 4.98 Å². The quantitative estimate of drug-likeness (QED) is 0.859. The fraction of sp³-hybridized carbons (Fsp3) is 0.214. The van der Waals surface area contributed by atoms with E-state index in [1.807, 2.05) is 0 Å². The van der Waals surface area contributed by atoms with Crippen molar-refractivity contribution in [1.82, 2.24) is 4.98 Å². The van der Waals surface area contributed by atoms with E-state index >= 15 is 0 Å². The average molecular weight is 335 g/mol. The smallest absolute Gasteiger partial charge is 0.319 e. The molecule has 0 aliphatic heterocycles. The van der Waals surface area contributed by atoms with Crippen LogP contribution in [-0.2, 0) is 6.18 Å². The lowest BCUT2D eigenvalue weighted by molar-refractivity contribution is -0.137. The Hall–Kier alpha value is -1.30. The summed E-state index contributed by atoms with van der Waals surface area (Å²) in [6.45, 7) is 1.56. The number of aryl methyl sites for hydroxylation is 1. The standard InChI is InChI=1S/C14H11Cl2F3N2/c1-7-4-8(14(17,18)19)2-3-10(7)12(20)13-11(16)5-9(15)6-21-13/h2-6,12H,20H2,1H3. The Bertz CT molecular complexity index is 672. The van der Waals surface area contributed by atoms with E-state index in [-0.39, 0.29) is 5.02 Å². The Morgan fingerprint density at radius 3 is 2.38 bits per heavy atom. The summed E-state index contributed by atoms with van der Waals surface area (Å²) >= 11 is 11.8. The molecule has 21 heavy (non-hydrogen) atoms. The maximum atomic E-state index is 12.7. The minimum Gasteiger partial charge on any atom is -0.319 e. The Balaban J connectivity index is 2.42. The number of hydrogen-bond donors (Lipinski definition) is 1. The van der Waals surface area contributed by atoms with Crippen LogP contribution in [0.5, 0.6) is 0 Å². The number of alkyl halides is 3. The monoisotopic (exact) mass is 334 g/mol. The van der Waals surface area contributed by atoms with E-state index in [2.05, 4.69) is 4.98 Å². The first-order valence-corrected chi connectivity index (χ1v) is 6.70. The van der Waals surface area contributed by atoms with Crippen LogP contribution in [0.2, 0.25) is 10.0 Å². The Labute approximate surface area is 129 Å². The summed E-state index contributed by atoms with van der Waals surface area (Å²) in [5.74, 6) is 0. The minimum absolute atomic E-state index is 0.272. The largest absolute Gasteiger partial charge is 0.416 e. The van der Waals surface area contributed by atoms with E-state index in [4.69, 9.17) is 28.9 Å². The molecule has 0 fully saturated rings. The Kier molecular flexibility index (Phi) is 4.46. The molecule has 1 heterocycles. The van der Waals surface area contributed by atoms with Gasteiger partial charge >= 0.3 is 6.18 Å². The molecule has 2 nitrogen and oxygen atoms in total. The fourth-order valence-electron chi connectivity index (χ4n) is 2.00. The topological polar surface area (TPSA) is 38.9 Å². The number of pyridine rings is 1. The predicted molar refractivity (Wildman–Crippen MR) is 76.5 cm³/mol. The number of nitrogens with zero attached hydrogens (tertiary/aromatic N) is 1. The molecular formula is C14H11Cl2F3N2. The van der Waals surface area contributed by atoms with Gasteiger partial charge in [0, 0.05) is 6.20 Å². The van der Waals surface area contributed by atoms with E-state index in [0.29, 0.717) is 21.8 Å². The van der Waals surface area contributed by atoms with Crippen molar-refractivity contribution in [2.75, 3.05) is 0 Å². The summed E-state index contributed by atoms with van der Waals surface area (Å²) < 4.78 is 38.0. The van der Waals surface area contributed by atoms with Crippen molar-refractivity contribution in [2.45, 2.75) is 19.1 Å². The molecule has 2 aromatic rings. The summed E-state index contributed by atoms with van der Waals surface area (Å²) in [6.07, 6.45) is -2.99. The number of aromatic nitrogens is 1. The van der Waals surface area contributed by atoms with Crippen LogP contribution >= 0.6 is 23.2 Å². The highest BCUT2D eigenvalue weighted by molar-refractivity contribution is 6.34. The Morgan fingerprint density at radius 2 is 1.86 bits per heavy atom. The SMILES string of the molecule is Cc1cc(C(F)(F)F)ccc1C(N)c1ncc(Cl)cc1Cl. The van der Waals surface area contributed by atoms with Gasteiger partial charge in [-0.05, 0) is 36.2 Å². The van der Waals surface area contributed by atoms with Crippen LogP contribution in [0.25, 0.3) is 0 Å². The highest BCUT2D eigenvalue weighted by Gasteiger charge is 2.31. The van der Waals surface area contributed by atoms with Crippen LogP contribution < -0.4 is 5.73 Å². The van der Waals surface area contributed by atoms with Gasteiger partial charge in [-0.2, -0.15) is 13.2 Å². The zero-order valence-electron chi connectivity index (χ0n) is 10.9. The summed E-state index contributed by atoms with van der Waals surface area (Å²) in [5.41, 5.74) is 6.65. The highest BCUT2D eigenvalue weighted by atomic mass is 35.5. The summed E-state index contributed by atoms with van der Waals surface area (Å²) in [6, 6.07) is 4.16. The maximum absolute atomic E-state index is 12.7. The average Bonchev–Trinajstić information content (AvgIpc) is 2.36. The molecule has 7 heteroatoms. The van der Waals surface area contributed by atoms with Gasteiger partial charge in [-0.15, -0.1) is 0 Å². The second kappa shape index (κ2) is 5.83. The predicted octanol–water partition coefficient (Wildman–Crippen LogP) is 4.76. The molecule has 112 valence electrons. The first-order valence-electron chi connectivity index (χ1n) is 5.94. The van der Waals surface area contributed by atoms with Crippen LogP contribution in [0.4, 0.5) is 13.2 Å². The first-order chi connectivity index (χ1) is 9.70. The lowest BCUT2D eigenvalue weighted by atomic mass is 9.97. The van der Waals surface area contributed by atoms with Gasteiger partial charge in [0.25, 0.3) is 0 Å². The van der Waals surface area contributed by atoms with Crippen molar-refractivity contribution < 1.29 is 13.2 Å². The van der Waals surface area contributed by atoms with Gasteiger partial charge in [-0.1, -0.05) is 29.3 Å². The molecule has 1 aromatic carbocycles. The minimum atomic E-state index is -4.39. The van der Waals surface area contributed by atoms with Crippen LogP contribution in [0.3, 0.4) is 0 Å². The summed E-state index contributed by atoms with van der Waals surface area (Å²) in [4.78, 5) is 4.06. The van der Waals surface area contributed by atoms with Crippen molar-refractivity contribution in [3.05, 3.63) is 62.9 Å². The summed E-state index contributed by atoms with van der Waals surface area (Å²) in [5, 5.41) is 0.634. The van der Waals surface area contributed by atoms with Gasteiger partial charge in [0.2, 0.25) is 0 Å². The summed E-state index contributed by atoms with van der Waals surface area (Å²) in [7, 11) is 0. The van der Waals surface area contributed by atoms with Gasteiger partial charge < -0.3 is 5.73 Å². The lowest BCUT2D eigenvalue weighted by Crippen LogP contribution is -2.16. The number of hydrogen-bond acceptors (Lipinski definition) is 2. The highest BCUT2D eigenvalue weighted by Crippen LogP contribution is 2.33. The van der Waals surface area contributed by atoms with E-state index in [0.717, 1.165) is 12.1 Å². The number of nitrogens with two attached hydrogens (primary N) is 1. The third-order valence-corrected chi connectivity index (χ3v) is 3.57. The van der Waals surface area contributed by atoms with E-state index in [9.17, 15) is 13.2 Å². The molecule has 0 amide bonds. The first kappa shape index (κ1) is 16.1. The molecular weight excluding hydrogens is 324 g/mol. The third-order valence-electron chi connectivity index (χ3n) is 3.06. The molecule has 0 aliphatic carbocycles. The number of benzene rings is 1. The zero-order chi connectivity index (χ0) is 15.8. The normalized spacial score (nSPS) is 13.3. The second-order valence-corrected chi connectivity index (χ2v) is 5.41. The van der Waals surface area contributed by atoms with E-state index in [1.165, 1.54) is 18.3 Å². The molecule has 1 atom stereocenters. The molecule has 1 unspecified atom stereocenters. The molecule has 0 bridgehead atoms. The van der Waals surface area contributed by atoms with Crippen LogP contribution in [0.1, 0.15) is 28.4 Å². The van der Waals surface area contributed by atoms with Crippen molar-refractivity contribution in [1.29, 1.82) is 0 Å². The molecule has 0 spiro atoms. The molecule has 1 aromatic heterocycles. The molecule has 0 aliphatic rings. The van der Waals surface area contributed by atoms with Crippen molar-refractivity contribution in [3.63, 3.8) is 0 Å². The van der Waals surface area contributed by atoms with E-state index < -0.39 is 17.8 Å². The van der Waals surface area contributed by atoms with E-state index in [1.54, 1.807) is 6.92 Å². The zero-order valence-corrected chi connectivity index (χ0v) is 12.4. The third kappa shape index (κ3) is 3.48. The number of halogens is 5. The maximum Gasteiger partial charge on any atom is 0.416 e. The molecule has 0 saturated heterocycles. The van der Waals surface area contributed by atoms with Crippen molar-refractivity contribution in [2.24, 2.45) is 5.73 Å². The van der Waals surface area contributed by atoms with Crippen molar-refractivity contribution in [3.8, 4) is 0 Å². The Morgan fingerprint density at radius 1 is 1.19 bits per heavy atom. The van der Waals surface area contributed by atoms with Gasteiger partial charge in [0.05, 0.1) is 27.3 Å². The molecule has 2 rings (SSSR count). The van der Waals surface area contributed by atoms with Crippen LogP contribution in [0.15, 0.2) is 30.5 Å². The van der Waals surface area contributed by atoms with Crippen molar-refractivity contribution >= 4 is 23.2 Å². The number of rotatable bonds is 2. The van der Waals surface area contributed by atoms with Gasteiger partial charge in [-0.25, -0.2) is 0 Å². The van der Waals surface area contributed by atoms with Gasteiger partial charge in [0.1, 0.15) is 0 Å². The van der Waals surface area contributed by atoms with Gasteiger partial charge in [0.15, 0.2) is 0 Å². The second-order valence-electron chi connectivity index (χ2n) is 4.57. The van der Waals surface area contributed by atoms with Crippen LogP contribution in [-0.4, -0.2) is 4.98 Å².